The van der Waals surface area contributed by atoms with Gasteiger partial charge in [-0.15, -0.1) is 13.2 Å². The average molecular weight is 365 g/mol. The van der Waals surface area contributed by atoms with Crippen LogP contribution >= 0.6 is 0 Å². The largest absolute Gasteiger partial charge is 0.573 e. The van der Waals surface area contributed by atoms with E-state index in [1.54, 1.807) is 30.3 Å². The third-order valence-corrected chi connectivity index (χ3v) is 3.72. The molecule has 0 atom stereocenters. The first-order valence-electron chi connectivity index (χ1n) is 7.45. The van der Waals surface area contributed by atoms with E-state index < -0.39 is 29.4 Å². The highest BCUT2D eigenvalue weighted by Crippen LogP contribution is 2.38. The Balaban J connectivity index is 2.13. The summed E-state index contributed by atoms with van der Waals surface area (Å²) < 4.78 is 69.2. The maximum atomic E-state index is 14.7. The van der Waals surface area contributed by atoms with E-state index in [4.69, 9.17) is 5.73 Å². The van der Waals surface area contributed by atoms with Crippen LogP contribution in [0.2, 0.25) is 0 Å². The molecule has 26 heavy (non-hydrogen) atoms. The van der Waals surface area contributed by atoms with Gasteiger partial charge >= 0.3 is 6.36 Å². The summed E-state index contributed by atoms with van der Waals surface area (Å²) in [4.78, 5) is 0. The topological polar surface area (TPSA) is 35.2 Å². The van der Waals surface area contributed by atoms with Crippen molar-refractivity contribution < 1.29 is 26.7 Å². The van der Waals surface area contributed by atoms with Gasteiger partial charge in [-0.05, 0) is 34.9 Å². The van der Waals surface area contributed by atoms with Gasteiger partial charge in [0.05, 0.1) is 0 Å². The number of alkyl halides is 3. The number of hydrogen-bond acceptors (Lipinski definition) is 2. The molecule has 0 heterocycles. The van der Waals surface area contributed by atoms with Crippen LogP contribution in [0.5, 0.6) is 5.75 Å². The van der Waals surface area contributed by atoms with E-state index >= 15 is 0 Å². The van der Waals surface area contributed by atoms with Gasteiger partial charge in [-0.25, -0.2) is 8.78 Å². The molecule has 0 fully saturated rings. The normalized spacial score (nSPS) is 11.4. The molecule has 0 aliphatic carbocycles. The maximum absolute atomic E-state index is 14.7. The van der Waals surface area contributed by atoms with Crippen LogP contribution in [0.25, 0.3) is 22.3 Å². The molecule has 0 saturated carbocycles. The number of anilines is 1. The molecular formula is C19H12F5NO. The first kappa shape index (κ1) is 17.7. The van der Waals surface area contributed by atoms with E-state index in [1.165, 1.54) is 12.1 Å². The van der Waals surface area contributed by atoms with Gasteiger partial charge in [0.15, 0.2) is 5.82 Å². The van der Waals surface area contributed by atoms with Crippen LogP contribution in [0, 0.1) is 11.6 Å². The second-order valence-electron chi connectivity index (χ2n) is 5.45. The maximum Gasteiger partial charge on any atom is 0.573 e. The first-order chi connectivity index (χ1) is 12.3. The molecular weight excluding hydrogens is 353 g/mol. The molecule has 2 N–H and O–H groups in total. The molecule has 0 aromatic heterocycles. The average Bonchev–Trinajstić information content (AvgIpc) is 2.59. The fourth-order valence-corrected chi connectivity index (χ4v) is 2.59. The highest BCUT2D eigenvalue weighted by molar-refractivity contribution is 5.86. The molecule has 0 bridgehead atoms. The van der Waals surface area contributed by atoms with Crippen molar-refractivity contribution in [2.45, 2.75) is 6.36 Å². The van der Waals surface area contributed by atoms with Gasteiger partial charge in [-0.2, -0.15) is 0 Å². The number of nitrogen functional groups attached to an aromatic ring is 1. The summed E-state index contributed by atoms with van der Waals surface area (Å²) in [6.45, 7) is 0. The molecule has 3 aromatic carbocycles. The second-order valence-corrected chi connectivity index (χ2v) is 5.45. The lowest BCUT2D eigenvalue weighted by Crippen LogP contribution is -2.16. The van der Waals surface area contributed by atoms with E-state index in [-0.39, 0.29) is 11.1 Å². The van der Waals surface area contributed by atoms with Crippen LogP contribution in [-0.4, -0.2) is 6.36 Å². The molecule has 0 aliphatic heterocycles. The minimum absolute atomic E-state index is 0.0639. The fraction of sp³-hybridized carbons (Fsp3) is 0.0526. The summed E-state index contributed by atoms with van der Waals surface area (Å²) in [7, 11) is 0. The lowest BCUT2D eigenvalue weighted by atomic mass is 9.93. The number of ether oxygens (including phenoxy) is 1. The van der Waals surface area contributed by atoms with Crippen LogP contribution in [0.15, 0.2) is 60.7 Å². The number of hydrogen-bond donors (Lipinski definition) is 1. The highest BCUT2D eigenvalue weighted by Gasteiger charge is 2.31. The molecule has 3 rings (SSSR count). The molecule has 0 unspecified atom stereocenters. The Labute approximate surface area is 145 Å². The lowest BCUT2D eigenvalue weighted by molar-refractivity contribution is -0.274. The van der Waals surface area contributed by atoms with Gasteiger partial charge in [0.25, 0.3) is 0 Å². The summed E-state index contributed by atoms with van der Waals surface area (Å²) in [6.07, 6.45) is -4.82. The van der Waals surface area contributed by atoms with Crippen molar-refractivity contribution in [2.24, 2.45) is 0 Å². The van der Waals surface area contributed by atoms with Crippen LogP contribution in [-0.2, 0) is 0 Å². The molecule has 134 valence electrons. The Hall–Kier alpha value is -3.09. The highest BCUT2D eigenvalue weighted by atomic mass is 19.4. The van der Waals surface area contributed by atoms with Gasteiger partial charge in [0, 0.05) is 5.56 Å². The number of halogens is 5. The van der Waals surface area contributed by atoms with Gasteiger partial charge in [0.2, 0.25) is 0 Å². The van der Waals surface area contributed by atoms with E-state index in [0.717, 1.165) is 18.2 Å². The van der Waals surface area contributed by atoms with Gasteiger partial charge in [-0.3, -0.25) is 0 Å². The monoisotopic (exact) mass is 365 g/mol. The summed E-state index contributed by atoms with van der Waals surface area (Å²) in [5.74, 6) is -2.31. The Morgan fingerprint density at radius 2 is 1.42 bits per heavy atom. The summed E-state index contributed by atoms with van der Waals surface area (Å²) in [5.41, 5.74) is 5.85. The van der Waals surface area contributed by atoms with Crippen molar-refractivity contribution in [3.05, 3.63) is 72.3 Å². The van der Waals surface area contributed by atoms with Crippen LogP contribution in [0.3, 0.4) is 0 Å². The third-order valence-electron chi connectivity index (χ3n) is 3.72. The summed E-state index contributed by atoms with van der Waals surface area (Å²) in [6, 6.07) is 14.1. The van der Waals surface area contributed by atoms with Crippen molar-refractivity contribution in [3.8, 4) is 28.0 Å². The number of nitrogens with two attached hydrogens (primary N) is 1. The van der Waals surface area contributed by atoms with E-state index in [1.807, 2.05) is 0 Å². The fourth-order valence-electron chi connectivity index (χ4n) is 2.59. The Morgan fingerprint density at radius 1 is 0.808 bits per heavy atom. The zero-order chi connectivity index (χ0) is 18.9. The van der Waals surface area contributed by atoms with E-state index in [9.17, 15) is 22.0 Å². The Kier molecular flexibility index (Phi) is 4.54. The molecule has 0 saturated heterocycles. The molecule has 0 spiro atoms. The van der Waals surface area contributed by atoms with Crippen LogP contribution in [0.4, 0.5) is 27.6 Å². The Morgan fingerprint density at radius 3 is 2.00 bits per heavy atom. The molecule has 2 nitrogen and oxygen atoms in total. The zero-order valence-corrected chi connectivity index (χ0v) is 13.1. The predicted molar refractivity (Wildman–Crippen MR) is 88.3 cm³/mol. The second kappa shape index (κ2) is 6.67. The number of rotatable bonds is 3. The van der Waals surface area contributed by atoms with Gasteiger partial charge in [-0.1, -0.05) is 42.5 Å². The molecule has 3 aromatic rings. The first-order valence-corrected chi connectivity index (χ1v) is 7.45. The van der Waals surface area contributed by atoms with Crippen molar-refractivity contribution >= 4 is 5.69 Å². The van der Waals surface area contributed by atoms with Crippen LogP contribution in [0.1, 0.15) is 0 Å². The number of benzene rings is 3. The standard InChI is InChI=1S/C19H12F5NO/c20-15-10-14(11-6-8-13(9-7-11)26-19(22,23)24)16(17(21)18(15)25)12-4-2-1-3-5-12/h1-10H,25H2. The van der Waals surface area contributed by atoms with Gasteiger partial charge in [0.1, 0.15) is 17.3 Å². The molecule has 0 radical (unpaired) electrons. The van der Waals surface area contributed by atoms with E-state index in [0.29, 0.717) is 11.1 Å². The molecule has 0 amide bonds. The van der Waals surface area contributed by atoms with E-state index in [2.05, 4.69) is 4.74 Å². The summed E-state index contributed by atoms with van der Waals surface area (Å²) >= 11 is 0. The molecule has 0 aliphatic rings. The smallest absolute Gasteiger partial charge is 0.406 e. The SMILES string of the molecule is Nc1c(F)cc(-c2ccc(OC(F)(F)F)cc2)c(-c2ccccc2)c1F. The zero-order valence-electron chi connectivity index (χ0n) is 13.1. The Bertz CT molecular complexity index is 921. The summed E-state index contributed by atoms with van der Waals surface area (Å²) in [5, 5.41) is 0. The quantitative estimate of drug-likeness (QED) is 0.472. The molecule has 7 heteroatoms. The predicted octanol–water partition coefficient (Wildman–Crippen LogP) is 5.78. The van der Waals surface area contributed by atoms with Crippen molar-refractivity contribution in [1.82, 2.24) is 0 Å². The lowest BCUT2D eigenvalue weighted by Gasteiger charge is -2.15. The van der Waals surface area contributed by atoms with Crippen molar-refractivity contribution in [2.75, 3.05) is 5.73 Å². The van der Waals surface area contributed by atoms with Gasteiger partial charge < -0.3 is 10.5 Å². The third kappa shape index (κ3) is 3.61. The van der Waals surface area contributed by atoms with Crippen molar-refractivity contribution in [3.63, 3.8) is 0 Å². The minimum Gasteiger partial charge on any atom is -0.406 e. The van der Waals surface area contributed by atoms with Crippen molar-refractivity contribution in [1.29, 1.82) is 0 Å². The minimum atomic E-state index is -4.82. The van der Waals surface area contributed by atoms with Crippen LogP contribution < -0.4 is 10.5 Å².